The van der Waals surface area contributed by atoms with Gasteiger partial charge in [0.1, 0.15) is 5.60 Å². The van der Waals surface area contributed by atoms with E-state index in [1.807, 2.05) is 20.8 Å². The number of carbonyl (C=O) groups excluding carboxylic acids is 1. The maximum Gasteiger partial charge on any atom is 0.407 e. The number of amides is 1. The number of nitrogens with one attached hydrogen (secondary N) is 3. The van der Waals surface area contributed by atoms with Crippen LogP contribution >= 0.6 is 0 Å². The smallest absolute Gasteiger partial charge is 0.407 e. The molecule has 0 aliphatic carbocycles. The van der Waals surface area contributed by atoms with E-state index in [-0.39, 0.29) is 0 Å². The van der Waals surface area contributed by atoms with Gasteiger partial charge in [-0.05, 0) is 48.5 Å². The van der Waals surface area contributed by atoms with Crippen LogP contribution in [0.2, 0.25) is 0 Å². The monoisotopic (exact) mass is 343 g/mol. The molecule has 24 heavy (non-hydrogen) atoms. The van der Waals surface area contributed by atoms with E-state index in [0.717, 1.165) is 19.0 Å². The van der Waals surface area contributed by atoms with Crippen molar-refractivity contribution in [2.75, 3.05) is 33.2 Å². The van der Waals surface area contributed by atoms with Crippen LogP contribution in [0.4, 0.5) is 4.79 Å². The number of nitrogens with zero attached hydrogens (tertiary/aromatic N) is 2. The summed E-state index contributed by atoms with van der Waals surface area (Å²) >= 11 is 0. The van der Waals surface area contributed by atoms with Crippen LogP contribution in [0.5, 0.6) is 0 Å². The molecule has 142 valence electrons. The number of guanidine groups is 1. The van der Waals surface area contributed by atoms with Gasteiger partial charge in [0.25, 0.3) is 0 Å². The molecular formula is C17H37N5O2. The van der Waals surface area contributed by atoms with Crippen molar-refractivity contribution in [3.8, 4) is 0 Å². The molecule has 0 unspecified atom stereocenters. The molecule has 0 fully saturated rings. The molecule has 0 atom stereocenters. The lowest BCUT2D eigenvalue weighted by molar-refractivity contribution is 0.0529. The molecule has 0 rings (SSSR count). The van der Waals surface area contributed by atoms with Crippen LogP contribution in [0.1, 0.15) is 48.5 Å². The third-order valence-electron chi connectivity index (χ3n) is 3.30. The average molecular weight is 344 g/mol. The molecule has 0 aromatic carbocycles. The highest BCUT2D eigenvalue weighted by atomic mass is 16.6. The van der Waals surface area contributed by atoms with E-state index in [9.17, 15) is 4.79 Å². The Hall–Kier alpha value is -1.50. The molecule has 0 radical (unpaired) electrons. The van der Waals surface area contributed by atoms with Crippen molar-refractivity contribution < 1.29 is 9.53 Å². The van der Waals surface area contributed by atoms with Gasteiger partial charge >= 0.3 is 6.09 Å². The Morgan fingerprint density at radius 1 is 1.00 bits per heavy atom. The van der Waals surface area contributed by atoms with Gasteiger partial charge in [0.15, 0.2) is 5.96 Å². The summed E-state index contributed by atoms with van der Waals surface area (Å²) < 4.78 is 5.18. The predicted octanol–water partition coefficient (Wildman–Crippen LogP) is 1.79. The van der Waals surface area contributed by atoms with Crippen LogP contribution in [0, 0.1) is 0 Å². The molecular weight excluding hydrogens is 306 g/mol. The summed E-state index contributed by atoms with van der Waals surface area (Å²) in [6.45, 7) is 17.2. The largest absolute Gasteiger partial charge is 0.444 e. The number of ether oxygens (including phenoxy) is 1. The van der Waals surface area contributed by atoms with Gasteiger partial charge in [-0.2, -0.15) is 0 Å². The van der Waals surface area contributed by atoms with E-state index < -0.39 is 11.7 Å². The van der Waals surface area contributed by atoms with Crippen molar-refractivity contribution in [2.45, 2.75) is 66.2 Å². The number of aliphatic imine (C=N–C) groups is 1. The molecule has 0 bridgehead atoms. The fraction of sp³-hybridized carbons (Fsp3) is 0.882. The van der Waals surface area contributed by atoms with Gasteiger partial charge in [0.05, 0.1) is 0 Å². The topological polar surface area (TPSA) is 78.0 Å². The number of alkyl carbamates (subject to hydrolysis) is 1. The molecule has 0 aliphatic rings. The molecule has 0 heterocycles. The van der Waals surface area contributed by atoms with E-state index >= 15 is 0 Å². The minimum absolute atomic E-state index is 0.406. The first-order valence-corrected chi connectivity index (χ1v) is 8.74. The zero-order chi connectivity index (χ0) is 18.8. The van der Waals surface area contributed by atoms with Crippen molar-refractivity contribution in [3.05, 3.63) is 0 Å². The highest BCUT2D eigenvalue weighted by Crippen LogP contribution is 2.06. The lowest BCUT2D eigenvalue weighted by Gasteiger charge is -2.30. The third kappa shape index (κ3) is 11.1. The van der Waals surface area contributed by atoms with Crippen LogP contribution in [-0.2, 0) is 4.74 Å². The first-order valence-electron chi connectivity index (χ1n) is 8.74. The molecule has 0 spiro atoms. The Morgan fingerprint density at radius 2 is 1.50 bits per heavy atom. The van der Waals surface area contributed by atoms with Crippen LogP contribution in [0.3, 0.4) is 0 Å². The minimum atomic E-state index is -0.478. The van der Waals surface area contributed by atoms with Crippen molar-refractivity contribution in [2.24, 2.45) is 4.99 Å². The van der Waals surface area contributed by atoms with Crippen LogP contribution in [0.15, 0.2) is 4.99 Å². The Kier molecular flexibility index (Phi) is 10.4. The first kappa shape index (κ1) is 22.5. The molecule has 0 aliphatic heterocycles. The number of carbonyl (C=O) groups is 1. The molecule has 7 heteroatoms. The lowest BCUT2D eigenvalue weighted by atomic mass is 10.2. The Morgan fingerprint density at radius 3 is 1.96 bits per heavy atom. The summed E-state index contributed by atoms with van der Waals surface area (Å²) in [6.07, 6.45) is -0.406. The van der Waals surface area contributed by atoms with Crippen LogP contribution in [0.25, 0.3) is 0 Å². The average Bonchev–Trinajstić information content (AvgIpc) is 2.42. The van der Waals surface area contributed by atoms with Crippen molar-refractivity contribution in [1.29, 1.82) is 0 Å². The molecule has 0 saturated carbocycles. The molecule has 0 aromatic rings. The van der Waals surface area contributed by atoms with E-state index in [4.69, 9.17) is 4.74 Å². The Labute approximate surface area is 147 Å². The summed E-state index contributed by atoms with van der Waals surface area (Å²) in [5.41, 5.74) is -0.478. The second kappa shape index (κ2) is 11.1. The summed E-state index contributed by atoms with van der Waals surface area (Å²) in [5.74, 6) is 0.730. The highest BCUT2D eigenvalue weighted by Gasteiger charge is 2.15. The first-order chi connectivity index (χ1) is 11.1. The number of hydrogen-bond donors (Lipinski definition) is 3. The Bertz CT molecular complexity index is 381. The van der Waals surface area contributed by atoms with E-state index in [2.05, 4.69) is 53.5 Å². The fourth-order valence-electron chi connectivity index (χ4n) is 2.30. The maximum absolute atomic E-state index is 11.5. The summed E-state index contributed by atoms with van der Waals surface area (Å²) in [7, 11) is 1.74. The van der Waals surface area contributed by atoms with Crippen LogP contribution < -0.4 is 16.0 Å². The summed E-state index contributed by atoms with van der Waals surface area (Å²) in [5, 5.41) is 9.17. The quantitative estimate of drug-likeness (QED) is 0.356. The maximum atomic E-state index is 11.5. The second-order valence-corrected chi connectivity index (χ2v) is 7.28. The SMILES string of the molecule is CN=C(NCCNC(=O)OC(C)(C)C)NCCN(C(C)C)C(C)C. The van der Waals surface area contributed by atoms with E-state index in [0.29, 0.717) is 25.2 Å². The minimum Gasteiger partial charge on any atom is -0.444 e. The summed E-state index contributed by atoms with van der Waals surface area (Å²) in [6, 6.07) is 1.03. The second-order valence-electron chi connectivity index (χ2n) is 7.28. The Balaban J connectivity index is 3.99. The highest BCUT2D eigenvalue weighted by molar-refractivity contribution is 5.79. The fourth-order valence-corrected chi connectivity index (χ4v) is 2.30. The van der Waals surface area contributed by atoms with Crippen molar-refractivity contribution >= 4 is 12.1 Å². The predicted molar refractivity (Wildman–Crippen MR) is 101 cm³/mol. The summed E-state index contributed by atoms with van der Waals surface area (Å²) in [4.78, 5) is 18.1. The number of rotatable bonds is 8. The normalized spacial score (nSPS) is 12.7. The molecule has 0 aromatic heterocycles. The number of hydrogen-bond acceptors (Lipinski definition) is 4. The van der Waals surface area contributed by atoms with Gasteiger partial charge in [-0.3, -0.25) is 9.89 Å². The van der Waals surface area contributed by atoms with Gasteiger partial charge in [-0.25, -0.2) is 4.79 Å². The van der Waals surface area contributed by atoms with Gasteiger partial charge < -0.3 is 20.7 Å². The molecule has 7 nitrogen and oxygen atoms in total. The molecule has 0 saturated heterocycles. The van der Waals surface area contributed by atoms with Crippen molar-refractivity contribution in [3.63, 3.8) is 0 Å². The zero-order valence-electron chi connectivity index (χ0n) is 16.7. The molecule has 3 N–H and O–H groups in total. The van der Waals surface area contributed by atoms with Gasteiger partial charge in [-0.15, -0.1) is 0 Å². The van der Waals surface area contributed by atoms with Gasteiger partial charge in [0.2, 0.25) is 0 Å². The van der Waals surface area contributed by atoms with Gasteiger partial charge in [0, 0.05) is 45.3 Å². The van der Waals surface area contributed by atoms with E-state index in [1.54, 1.807) is 7.05 Å². The lowest BCUT2D eigenvalue weighted by Crippen LogP contribution is -2.46. The third-order valence-corrected chi connectivity index (χ3v) is 3.30. The van der Waals surface area contributed by atoms with Crippen LogP contribution in [-0.4, -0.2) is 67.9 Å². The van der Waals surface area contributed by atoms with Crippen molar-refractivity contribution in [1.82, 2.24) is 20.9 Å². The zero-order valence-corrected chi connectivity index (χ0v) is 16.7. The molecule has 1 amide bonds. The van der Waals surface area contributed by atoms with Gasteiger partial charge in [-0.1, -0.05) is 0 Å². The van der Waals surface area contributed by atoms with E-state index in [1.165, 1.54) is 0 Å². The standard InChI is InChI=1S/C17H37N5O2/c1-13(2)22(14(3)4)12-11-20-15(18-8)19-9-10-21-16(23)24-17(5,6)7/h13-14H,9-12H2,1-8H3,(H,21,23)(H2,18,19,20).